The highest BCUT2D eigenvalue weighted by Crippen LogP contribution is 2.30. The van der Waals surface area contributed by atoms with Crippen molar-refractivity contribution in [3.63, 3.8) is 0 Å². The van der Waals surface area contributed by atoms with Gasteiger partial charge in [0, 0.05) is 18.0 Å². The third kappa shape index (κ3) is 4.83. The lowest BCUT2D eigenvalue weighted by molar-refractivity contribution is -0.126. The highest BCUT2D eigenvalue weighted by atomic mass is 32.1. The minimum atomic E-state index is -0.998. The maximum atomic E-state index is 13.0. The lowest BCUT2D eigenvalue weighted by Crippen LogP contribution is -2.35. The molecule has 0 unspecified atom stereocenters. The van der Waals surface area contributed by atoms with Crippen LogP contribution in [0.3, 0.4) is 0 Å². The van der Waals surface area contributed by atoms with Gasteiger partial charge in [0.1, 0.15) is 12.3 Å². The third-order valence-electron chi connectivity index (χ3n) is 4.99. The highest BCUT2D eigenvalue weighted by molar-refractivity contribution is 7.17. The van der Waals surface area contributed by atoms with Crippen LogP contribution in [0.1, 0.15) is 20.8 Å². The first-order valence-corrected chi connectivity index (χ1v) is 10.5. The number of anilines is 1. The van der Waals surface area contributed by atoms with Crippen LogP contribution in [0.4, 0.5) is 5.00 Å². The molecule has 0 atom stereocenters. The van der Waals surface area contributed by atoms with Crippen LogP contribution < -0.4 is 10.8 Å². The van der Waals surface area contributed by atoms with Gasteiger partial charge in [-0.2, -0.15) is 5.10 Å². The fraction of sp³-hybridized carbons (Fsp3) is 0.286. The first kappa shape index (κ1) is 21.2. The van der Waals surface area contributed by atoms with Gasteiger partial charge in [0.15, 0.2) is 0 Å². The van der Waals surface area contributed by atoms with Crippen LogP contribution in [0.25, 0.3) is 6.08 Å². The second-order valence-electron chi connectivity index (χ2n) is 7.06. The molecule has 1 saturated heterocycles. The first-order valence-electron chi connectivity index (χ1n) is 9.73. The zero-order valence-corrected chi connectivity index (χ0v) is 17.5. The first-order chi connectivity index (χ1) is 15.0. The van der Waals surface area contributed by atoms with Gasteiger partial charge < -0.3 is 14.7 Å². The Kier molecular flexibility index (Phi) is 6.42. The van der Waals surface area contributed by atoms with Crippen LogP contribution >= 0.6 is 11.3 Å². The smallest absolute Gasteiger partial charge is 0.335 e. The maximum Gasteiger partial charge on any atom is 0.335 e. The Hall–Kier alpha value is -3.05. The number of carboxylic acids is 1. The van der Waals surface area contributed by atoms with Crippen molar-refractivity contribution >= 4 is 40.0 Å². The van der Waals surface area contributed by atoms with Crippen molar-refractivity contribution in [2.75, 3.05) is 37.8 Å². The molecular formula is C21H22N4O5S. The van der Waals surface area contributed by atoms with E-state index in [4.69, 9.17) is 20.6 Å². The zero-order valence-electron chi connectivity index (χ0n) is 16.7. The van der Waals surface area contributed by atoms with Crippen molar-refractivity contribution in [3.05, 3.63) is 58.0 Å². The van der Waals surface area contributed by atoms with Crippen molar-refractivity contribution in [2.24, 2.45) is 11.0 Å². The quantitative estimate of drug-likeness (QED) is 0.497. The number of nitrogens with two attached hydrogens (primary N) is 1. The van der Waals surface area contributed by atoms with E-state index >= 15 is 0 Å². The van der Waals surface area contributed by atoms with E-state index in [1.807, 2.05) is 18.2 Å². The molecule has 10 heteroatoms. The Bertz CT molecular complexity index is 1020. The largest absolute Gasteiger partial charge is 0.478 e. The van der Waals surface area contributed by atoms with E-state index < -0.39 is 5.97 Å². The monoisotopic (exact) mass is 442 g/mol. The Morgan fingerprint density at radius 1 is 1.23 bits per heavy atom. The van der Waals surface area contributed by atoms with E-state index in [9.17, 15) is 9.59 Å². The summed E-state index contributed by atoms with van der Waals surface area (Å²) in [5.74, 6) is 3.99. The molecule has 3 heterocycles. The van der Waals surface area contributed by atoms with Crippen LogP contribution in [-0.4, -0.2) is 60.6 Å². The van der Waals surface area contributed by atoms with Gasteiger partial charge in [0.2, 0.25) is 0 Å². The Morgan fingerprint density at radius 2 is 1.97 bits per heavy atom. The summed E-state index contributed by atoms with van der Waals surface area (Å²) in [7, 11) is 0. The summed E-state index contributed by atoms with van der Waals surface area (Å²) >= 11 is 1.60. The predicted octanol–water partition coefficient (Wildman–Crippen LogP) is 1.95. The van der Waals surface area contributed by atoms with Gasteiger partial charge in [-0.25, -0.2) is 15.7 Å². The van der Waals surface area contributed by atoms with Crippen LogP contribution in [0.15, 0.2) is 47.1 Å². The SMILES string of the molecule is NOCC1=NN(Cc2ccc(C(=O)O)cc2)C(=O)/C1=C/c1ccc(N2CCOCC2)s1. The molecule has 0 spiro atoms. The summed E-state index contributed by atoms with van der Waals surface area (Å²) in [6.45, 7) is 3.33. The molecule has 2 aliphatic rings. The molecule has 2 aromatic rings. The second-order valence-corrected chi connectivity index (χ2v) is 8.15. The molecule has 2 aliphatic heterocycles. The number of hydrazone groups is 1. The molecule has 0 aliphatic carbocycles. The number of ether oxygens (including phenoxy) is 1. The number of thiophene rings is 1. The van der Waals surface area contributed by atoms with E-state index in [0.29, 0.717) is 24.5 Å². The number of carboxylic acid groups (broad SMARTS) is 1. The van der Waals surface area contributed by atoms with Crippen molar-refractivity contribution < 1.29 is 24.3 Å². The van der Waals surface area contributed by atoms with Gasteiger partial charge in [-0.1, -0.05) is 12.1 Å². The number of benzene rings is 1. The number of carbonyl (C=O) groups is 2. The highest BCUT2D eigenvalue weighted by Gasteiger charge is 2.30. The van der Waals surface area contributed by atoms with Crippen molar-refractivity contribution in [2.45, 2.75) is 6.54 Å². The van der Waals surface area contributed by atoms with Crippen molar-refractivity contribution in [3.8, 4) is 0 Å². The molecule has 0 bridgehead atoms. The number of nitrogens with zero attached hydrogens (tertiary/aromatic N) is 3. The molecule has 31 heavy (non-hydrogen) atoms. The molecular weight excluding hydrogens is 420 g/mol. The van der Waals surface area contributed by atoms with Gasteiger partial charge in [-0.15, -0.1) is 11.3 Å². The van der Waals surface area contributed by atoms with E-state index in [1.54, 1.807) is 23.5 Å². The van der Waals surface area contributed by atoms with Crippen LogP contribution in [-0.2, 0) is 20.9 Å². The average Bonchev–Trinajstić information content (AvgIpc) is 3.36. The second kappa shape index (κ2) is 9.40. The van der Waals surface area contributed by atoms with E-state index in [0.717, 1.165) is 28.5 Å². The summed E-state index contributed by atoms with van der Waals surface area (Å²) in [6, 6.07) is 10.4. The molecule has 1 amide bonds. The number of hydrogen-bond donors (Lipinski definition) is 2. The normalized spacial score (nSPS) is 18.0. The van der Waals surface area contributed by atoms with Crippen LogP contribution in [0.5, 0.6) is 0 Å². The molecule has 1 aromatic heterocycles. The standard InChI is InChI=1S/C21H22N4O5S/c22-30-13-18-17(11-16-5-6-19(31-16)24-7-9-29-10-8-24)20(26)25(23-18)12-14-1-3-15(4-2-14)21(27)28/h1-6,11H,7-10,12-13,22H2,(H,27,28)/b17-11+. The van der Waals surface area contributed by atoms with Gasteiger partial charge in [0.05, 0.1) is 35.9 Å². The number of amides is 1. The molecule has 4 rings (SSSR count). The fourth-order valence-electron chi connectivity index (χ4n) is 3.39. The van der Waals surface area contributed by atoms with Crippen LogP contribution in [0, 0.1) is 0 Å². The molecule has 1 aromatic carbocycles. The minimum absolute atomic E-state index is 0.00766. The van der Waals surface area contributed by atoms with Crippen molar-refractivity contribution in [1.29, 1.82) is 0 Å². The number of hydrogen-bond acceptors (Lipinski definition) is 8. The topological polar surface area (TPSA) is 118 Å². The molecule has 0 saturated carbocycles. The summed E-state index contributed by atoms with van der Waals surface area (Å²) < 4.78 is 5.40. The van der Waals surface area contributed by atoms with E-state index in [-0.39, 0.29) is 24.6 Å². The molecule has 3 N–H and O–H groups in total. The molecule has 1 fully saturated rings. The predicted molar refractivity (Wildman–Crippen MR) is 117 cm³/mol. The Labute approximate surface area is 182 Å². The van der Waals surface area contributed by atoms with E-state index in [2.05, 4.69) is 10.0 Å². The number of morpholine rings is 1. The fourth-order valence-corrected chi connectivity index (χ4v) is 4.39. The zero-order chi connectivity index (χ0) is 21.8. The summed E-state index contributed by atoms with van der Waals surface area (Å²) in [4.78, 5) is 32.0. The van der Waals surface area contributed by atoms with Crippen molar-refractivity contribution in [1.82, 2.24) is 5.01 Å². The van der Waals surface area contributed by atoms with Gasteiger partial charge >= 0.3 is 5.97 Å². The minimum Gasteiger partial charge on any atom is -0.478 e. The number of carbonyl (C=O) groups excluding carboxylic acids is 1. The van der Waals surface area contributed by atoms with Gasteiger partial charge in [-0.05, 0) is 35.9 Å². The summed E-state index contributed by atoms with van der Waals surface area (Å²) in [5.41, 5.74) is 1.84. The Morgan fingerprint density at radius 3 is 2.65 bits per heavy atom. The van der Waals surface area contributed by atoms with Gasteiger partial charge in [0.25, 0.3) is 5.91 Å². The van der Waals surface area contributed by atoms with E-state index in [1.165, 1.54) is 17.1 Å². The number of aromatic carboxylic acids is 1. The number of rotatable bonds is 7. The lowest BCUT2D eigenvalue weighted by Gasteiger charge is -2.27. The average molecular weight is 442 g/mol. The summed E-state index contributed by atoms with van der Waals surface area (Å²) in [6.07, 6.45) is 1.81. The lowest BCUT2D eigenvalue weighted by atomic mass is 10.1. The Balaban J connectivity index is 1.52. The molecule has 0 radical (unpaired) electrons. The molecule has 9 nitrogen and oxygen atoms in total. The molecule has 162 valence electrons. The summed E-state index contributed by atoms with van der Waals surface area (Å²) in [5, 5.41) is 15.9. The maximum absolute atomic E-state index is 13.0. The van der Waals surface area contributed by atoms with Gasteiger partial charge in [-0.3, -0.25) is 9.63 Å². The third-order valence-corrected chi connectivity index (χ3v) is 6.09. The van der Waals surface area contributed by atoms with Crippen LogP contribution in [0.2, 0.25) is 0 Å².